The van der Waals surface area contributed by atoms with Gasteiger partial charge in [0.05, 0.1) is 6.54 Å². The molecule has 1 aliphatic heterocycles. The highest BCUT2D eigenvalue weighted by molar-refractivity contribution is 5.78. The second kappa shape index (κ2) is 6.74. The van der Waals surface area contributed by atoms with Crippen LogP contribution >= 0.6 is 0 Å². The first-order chi connectivity index (χ1) is 8.34. The van der Waals surface area contributed by atoms with Gasteiger partial charge in [-0.25, -0.2) is 5.43 Å². The summed E-state index contributed by atoms with van der Waals surface area (Å²) >= 11 is 0. The van der Waals surface area contributed by atoms with Crippen LogP contribution in [0.25, 0.3) is 0 Å². The second-order valence-electron chi connectivity index (χ2n) is 5.19. The molecule has 1 N–H and O–H groups in total. The van der Waals surface area contributed by atoms with Crippen LogP contribution in [0, 0.1) is 5.92 Å². The second-order valence-corrected chi connectivity index (χ2v) is 5.19. The van der Waals surface area contributed by atoms with Crippen LogP contribution in [0.5, 0.6) is 0 Å². The third-order valence-corrected chi connectivity index (χ3v) is 3.69. The average Bonchev–Trinajstić information content (AvgIpc) is 2.83. The third kappa shape index (κ3) is 4.46. The van der Waals surface area contributed by atoms with Gasteiger partial charge in [0.1, 0.15) is 0 Å². The average molecular weight is 237 g/mol. The molecule has 0 bridgehead atoms. The maximum Gasteiger partial charge on any atom is 0.254 e. The molecule has 2 aliphatic rings. The van der Waals surface area contributed by atoms with Gasteiger partial charge in [-0.05, 0) is 44.7 Å². The van der Waals surface area contributed by atoms with Crippen molar-refractivity contribution in [1.82, 2.24) is 10.3 Å². The van der Waals surface area contributed by atoms with Crippen molar-refractivity contribution < 1.29 is 4.79 Å². The normalized spacial score (nSPS) is 23.3. The fourth-order valence-corrected chi connectivity index (χ4v) is 2.68. The molecular formula is C13H23N3O. The molecule has 1 heterocycles. The zero-order chi connectivity index (χ0) is 11.9. The zero-order valence-corrected chi connectivity index (χ0v) is 10.5. The molecule has 2 fully saturated rings. The van der Waals surface area contributed by atoms with Gasteiger partial charge < -0.3 is 0 Å². The van der Waals surface area contributed by atoms with E-state index in [0.717, 1.165) is 13.1 Å². The molecule has 17 heavy (non-hydrogen) atoms. The highest BCUT2D eigenvalue weighted by Gasteiger charge is 2.15. The Morgan fingerprint density at radius 1 is 1.18 bits per heavy atom. The number of nitrogens with zero attached hydrogens (tertiary/aromatic N) is 2. The van der Waals surface area contributed by atoms with Gasteiger partial charge in [0.25, 0.3) is 5.91 Å². The Hall–Kier alpha value is -0.900. The van der Waals surface area contributed by atoms with Crippen LogP contribution in [0.2, 0.25) is 0 Å². The van der Waals surface area contributed by atoms with Crippen LogP contribution in [0.3, 0.4) is 0 Å². The summed E-state index contributed by atoms with van der Waals surface area (Å²) in [5.74, 6) is 0.606. The fourth-order valence-electron chi connectivity index (χ4n) is 2.68. The first kappa shape index (κ1) is 12.6. The van der Waals surface area contributed by atoms with Crippen molar-refractivity contribution in [2.24, 2.45) is 11.0 Å². The highest BCUT2D eigenvalue weighted by atomic mass is 16.2. The molecule has 0 unspecified atom stereocenters. The molecule has 0 aromatic heterocycles. The van der Waals surface area contributed by atoms with Crippen molar-refractivity contribution in [3.8, 4) is 0 Å². The van der Waals surface area contributed by atoms with Gasteiger partial charge >= 0.3 is 0 Å². The van der Waals surface area contributed by atoms with E-state index < -0.39 is 0 Å². The van der Waals surface area contributed by atoms with E-state index >= 15 is 0 Å². The largest absolute Gasteiger partial charge is 0.294 e. The molecule has 1 amide bonds. The van der Waals surface area contributed by atoms with Gasteiger partial charge in [0.2, 0.25) is 0 Å². The van der Waals surface area contributed by atoms with Gasteiger partial charge in [0.15, 0.2) is 0 Å². The molecular weight excluding hydrogens is 214 g/mol. The number of rotatable bonds is 4. The smallest absolute Gasteiger partial charge is 0.254 e. The van der Waals surface area contributed by atoms with Crippen LogP contribution in [0.4, 0.5) is 0 Å². The van der Waals surface area contributed by atoms with E-state index in [-0.39, 0.29) is 5.91 Å². The van der Waals surface area contributed by atoms with Crippen LogP contribution in [-0.2, 0) is 4.79 Å². The Kier molecular flexibility index (Phi) is 4.98. The lowest BCUT2D eigenvalue weighted by molar-refractivity contribution is -0.122. The number of carbonyl (C=O) groups excluding carboxylic acids is 1. The minimum absolute atomic E-state index is 0.0268. The number of likely N-dealkylation sites (tertiary alicyclic amines) is 1. The SMILES string of the molecule is O=C(CN1CCCC1)N/N=C/C1CCCCC1. The number of hydrazone groups is 1. The highest BCUT2D eigenvalue weighted by Crippen LogP contribution is 2.21. The zero-order valence-electron chi connectivity index (χ0n) is 10.5. The maximum atomic E-state index is 11.6. The lowest BCUT2D eigenvalue weighted by Gasteiger charge is -2.17. The molecule has 0 atom stereocenters. The molecule has 1 aliphatic carbocycles. The Morgan fingerprint density at radius 3 is 2.59 bits per heavy atom. The monoisotopic (exact) mass is 237 g/mol. The van der Waals surface area contributed by atoms with Gasteiger partial charge in [-0.2, -0.15) is 5.10 Å². The molecule has 1 saturated heterocycles. The number of nitrogens with one attached hydrogen (secondary N) is 1. The fraction of sp³-hybridized carbons (Fsp3) is 0.846. The van der Waals surface area contributed by atoms with Crippen LogP contribution in [-0.4, -0.2) is 36.7 Å². The van der Waals surface area contributed by atoms with E-state index in [0.29, 0.717) is 12.5 Å². The summed E-state index contributed by atoms with van der Waals surface area (Å²) in [6.45, 7) is 2.61. The van der Waals surface area contributed by atoms with E-state index in [1.807, 2.05) is 6.21 Å². The topological polar surface area (TPSA) is 44.7 Å². The van der Waals surface area contributed by atoms with Crippen molar-refractivity contribution in [1.29, 1.82) is 0 Å². The Morgan fingerprint density at radius 2 is 1.88 bits per heavy atom. The van der Waals surface area contributed by atoms with Crippen LogP contribution < -0.4 is 5.43 Å². The molecule has 0 radical (unpaired) electrons. The Balaban J connectivity index is 1.62. The first-order valence-corrected chi connectivity index (χ1v) is 6.89. The van der Waals surface area contributed by atoms with Crippen LogP contribution in [0.1, 0.15) is 44.9 Å². The standard InChI is InChI=1S/C13H23N3O/c17-13(11-16-8-4-5-9-16)15-14-10-12-6-2-1-3-7-12/h10,12H,1-9,11H2,(H,15,17)/b14-10+. The summed E-state index contributed by atoms with van der Waals surface area (Å²) in [6, 6.07) is 0. The van der Waals surface area contributed by atoms with E-state index in [4.69, 9.17) is 0 Å². The quantitative estimate of drug-likeness (QED) is 0.598. The van der Waals surface area contributed by atoms with E-state index in [9.17, 15) is 4.79 Å². The van der Waals surface area contributed by atoms with Crippen molar-refractivity contribution in [2.75, 3.05) is 19.6 Å². The summed E-state index contributed by atoms with van der Waals surface area (Å²) < 4.78 is 0. The van der Waals surface area contributed by atoms with Gasteiger partial charge in [-0.15, -0.1) is 0 Å². The summed E-state index contributed by atoms with van der Waals surface area (Å²) in [5.41, 5.74) is 2.65. The van der Waals surface area contributed by atoms with Crippen molar-refractivity contribution >= 4 is 12.1 Å². The Labute approximate surface area is 103 Å². The Bertz CT molecular complexity index is 266. The van der Waals surface area contributed by atoms with Crippen molar-refractivity contribution in [2.45, 2.75) is 44.9 Å². The van der Waals surface area contributed by atoms with Crippen LogP contribution in [0.15, 0.2) is 5.10 Å². The molecule has 2 rings (SSSR count). The predicted octanol–water partition coefficient (Wildman–Crippen LogP) is 1.76. The van der Waals surface area contributed by atoms with Gasteiger partial charge in [-0.3, -0.25) is 9.69 Å². The number of amides is 1. The lowest BCUT2D eigenvalue weighted by atomic mass is 9.90. The van der Waals surface area contributed by atoms with E-state index in [1.165, 1.54) is 44.9 Å². The maximum absolute atomic E-state index is 11.6. The van der Waals surface area contributed by atoms with E-state index in [2.05, 4.69) is 15.4 Å². The number of carbonyl (C=O) groups is 1. The van der Waals surface area contributed by atoms with Crippen molar-refractivity contribution in [3.63, 3.8) is 0 Å². The van der Waals surface area contributed by atoms with Gasteiger partial charge in [-0.1, -0.05) is 19.3 Å². The molecule has 0 spiro atoms. The first-order valence-electron chi connectivity index (χ1n) is 6.89. The molecule has 1 saturated carbocycles. The summed E-state index contributed by atoms with van der Waals surface area (Å²) in [4.78, 5) is 13.8. The lowest BCUT2D eigenvalue weighted by Crippen LogP contribution is -2.33. The molecule has 0 aromatic carbocycles. The summed E-state index contributed by atoms with van der Waals surface area (Å²) in [7, 11) is 0. The predicted molar refractivity (Wildman–Crippen MR) is 68.9 cm³/mol. The minimum Gasteiger partial charge on any atom is -0.294 e. The van der Waals surface area contributed by atoms with Crippen molar-refractivity contribution in [3.05, 3.63) is 0 Å². The summed E-state index contributed by atoms with van der Waals surface area (Å²) in [6.07, 6.45) is 10.8. The third-order valence-electron chi connectivity index (χ3n) is 3.69. The van der Waals surface area contributed by atoms with Gasteiger partial charge in [0, 0.05) is 6.21 Å². The summed E-state index contributed by atoms with van der Waals surface area (Å²) in [5, 5.41) is 4.09. The minimum atomic E-state index is 0.0268. The molecule has 96 valence electrons. The molecule has 0 aromatic rings. The number of hydrogen-bond donors (Lipinski definition) is 1. The van der Waals surface area contributed by atoms with E-state index in [1.54, 1.807) is 0 Å². The molecule has 4 heteroatoms. The number of hydrogen-bond acceptors (Lipinski definition) is 3. The molecule has 4 nitrogen and oxygen atoms in total.